The minimum absolute atomic E-state index is 0.128. The number of hydrogen-bond acceptors (Lipinski definition) is 5. The molecule has 0 unspecified atom stereocenters. The van der Waals surface area contributed by atoms with E-state index in [0.29, 0.717) is 16.7 Å². The fourth-order valence-corrected chi connectivity index (χ4v) is 4.35. The first kappa shape index (κ1) is 20.9. The van der Waals surface area contributed by atoms with Crippen molar-refractivity contribution in [3.05, 3.63) is 70.3 Å². The lowest BCUT2D eigenvalue weighted by molar-refractivity contribution is -0.143. The van der Waals surface area contributed by atoms with Crippen LogP contribution >= 0.6 is 11.8 Å². The first-order valence-electron chi connectivity index (χ1n) is 10.1. The molecule has 1 fully saturated rings. The van der Waals surface area contributed by atoms with Crippen molar-refractivity contribution in [3.8, 4) is 0 Å². The highest BCUT2D eigenvalue weighted by molar-refractivity contribution is 8.18. The third-order valence-corrected chi connectivity index (χ3v) is 5.97. The number of amides is 1. The normalized spacial score (nSPS) is 16.3. The lowest BCUT2D eigenvalue weighted by Gasteiger charge is -2.07. The summed E-state index contributed by atoms with van der Waals surface area (Å²) < 4.78 is 7.06. The van der Waals surface area contributed by atoms with Crippen LogP contribution in [0.4, 0.5) is 5.69 Å². The Morgan fingerprint density at radius 1 is 1.16 bits per heavy atom. The number of amidine groups is 1. The van der Waals surface area contributed by atoms with Crippen LogP contribution in [-0.2, 0) is 20.9 Å². The molecule has 0 aliphatic carbocycles. The summed E-state index contributed by atoms with van der Waals surface area (Å²) in [6.07, 6.45) is 1.87. The lowest BCUT2D eigenvalue weighted by Crippen LogP contribution is -2.19. The van der Waals surface area contributed by atoms with E-state index in [2.05, 4.69) is 10.3 Å². The summed E-state index contributed by atoms with van der Waals surface area (Å²) in [5.41, 5.74) is 4.68. The molecule has 1 aliphatic heterocycles. The third kappa shape index (κ3) is 4.41. The van der Waals surface area contributed by atoms with Crippen LogP contribution in [0.2, 0.25) is 0 Å². The number of carbonyl (C=O) groups is 2. The van der Waals surface area contributed by atoms with E-state index in [9.17, 15) is 9.59 Å². The SMILES string of the molecule is CCOC(=O)Cn1c(C)c(/C=C2\SC(=Nc3ccc(C)cc3)NC2=O)c2ccccc21. The largest absolute Gasteiger partial charge is 0.465 e. The van der Waals surface area contributed by atoms with Crippen molar-refractivity contribution in [2.75, 3.05) is 6.61 Å². The van der Waals surface area contributed by atoms with Gasteiger partial charge in [0.1, 0.15) is 6.54 Å². The van der Waals surface area contributed by atoms with Crippen molar-refractivity contribution in [3.63, 3.8) is 0 Å². The molecule has 7 heteroatoms. The molecule has 6 nitrogen and oxygen atoms in total. The molecule has 1 amide bonds. The molecule has 0 atom stereocenters. The van der Waals surface area contributed by atoms with Crippen LogP contribution in [0.1, 0.15) is 23.7 Å². The van der Waals surface area contributed by atoms with E-state index in [0.717, 1.165) is 33.4 Å². The Labute approximate surface area is 185 Å². The molecule has 1 saturated heterocycles. The average Bonchev–Trinajstić information content (AvgIpc) is 3.22. The smallest absolute Gasteiger partial charge is 0.325 e. The second-order valence-electron chi connectivity index (χ2n) is 7.22. The zero-order valence-electron chi connectivity index (χ0n) is 17.6. The maximum absolute atomic E-state index is 12.6. The summed E-state index contributed by atoms with van der Waals surface area (Å²) in [6, 6.07) is 15.7. The number of aromatic nitrogens is 1. The number of nitrogens with zero attached hydrogens (tertiary/aromatic N) is 2. The van der Waals surface area contributed by atoms with Gasteiger partial charge in [-0.05, 0) is 56.8 Å². The van der Waals surface area contributed by atoms with Crippen LogP contribution < -0.4 is 5.32 Å². The molecule has 4 rings (SSSR count). The lowest BCUT2D eigenvalue weighted by atomic mass is 10.1. The Morgan fingerprint density at radius 3 is 2.65 bits per heavy atom. The molecule has 0 spiro atoms. The predicted molar refractivity (Wildman–Crippen MR) is 125 cm³/mol. The van der Waals surface area contributed by atoms with E-state index in [4.69, 9.17) is 4.74 Å². The Bertz CT molecular complexity index is 1220. The molecule has 0 radical (unpaired) electrons. The van der Waals surface area contributed by atoms with Gasteiger partial charge in [-0.3, -0.25) is 9.59 Å². The number of aliphatic imine (C=N–C) groups is 1. The molecule has 0 saturated carbocycles. The van der Waals surface area contributed by atoms with Crippen LogP contribution in [-0.4, -0.2) is 28.2 Å². The molecule has 2 aromatic carbocycles. The standard InChI is InChI=1S/C24H23N3O3S/c1-4-30-22(28)14-27-16(3)19(18-7-5-6-8-20(18)27)13-21-23(29)26-24(31-21)25-17-11-9-15(2)10-12-17/h5-13H,4,14H2,1-3H3,(H,25,26,29)/b21-13-. The Kier molecular flexibility index (Phi) is 5.95. The quantitative estimate of drug-likeness (QED) is 0.467. The maximum Gasteiger partial charge on any atom is 0.325 e. The monoisotopic (exact) mass is 433 g/mol. The minimum Gasteiger partial charge on any atom is -0.465 e. The van der Waals surface area contributed by atoms with Crippen molar-refractivity contribution in [2.24, 2.45) is 4.99 Å². The van der Waals surface area contributed by atoms with Gasteiger partial charge in [0.25, 0.3) is 5.91 Å². The van der Waals surface area contributed by atoms with Gasteiger partial charge in [0, 0.05) is 22.2 Å². The van der Waals surface area contributed by atoms with Crippen LogP contribution in [0.15, 0.2) is 58.4 Å². The molecule has 0 bridgehead atoms. The Morgan fingerprint density at radius 2 is 1.90 bits per heavy atom. The molecular formula is C24H23N3O3S. The summed E-state index contributed by atoms with van der Waals surface area (Å²) >= 11 is 1.31. The topological polar surface area (TPSA) is 72.7 Å². The van der Waals surface area contributed by atoms with Gasteiger partial charge in [-0.25, -0.2) is 4.99 Å². The van der Waals surface area contributed by atoms with Crippen molar-refractivity contribution in [1.82, 2.24) is 9.88 Å². The zero-order valence-corrected chi connectivity index (χ0v) is 18.5. The van der Waals surface area contributed by atoms with Crippen LogP contribution in [0.3, 0.4) is 0 Å². The Hall–Kier alpha value is -3.32. The Balaban J connectivity index is 1.69. The second kappa shape index (κ2) is 8.81. The number of para-hydroxylation sites is 1. The van der Waals surface area contributed by atoms with Crippen molar-refractivity contribution < 1.29 is 14.3 Å². The van der Waals surface area contributed by atoms with E-state index >= 15 is 0 Å². The van der Waals surface area contributed by atoms with Gasteiger partial charge in [-0.15, -0.1) is 0 Å². The number of nitrogens with one attached hydrogen (secondary N) is 1. The highest BCUT2D eigenvalue weighted by atomic mass is 32.2. The van der Waals surface area contributed by atoms with Gasteiger partial charge in [0.2, 0.25) is 0 Å². The molecule has 2 heterocycles. The molecule has 1 N–H and O–H groups in total. The molecule has 3 aromatic rings. The van der Waals surface area contributed by atoms with Crippen LogP contribution in [0.25, 0.3) is 17.0 Å². The highest BCUT2D eigenvalue weighted by Crippen LogP contribution is 2.33. The first-order valence-corrected chi connectivity index (χ1v) is 10.9. The summed E-state index contributed by atoms with van der Waals surface area (Å²) in [5.74, 6) is -0.469. The fraction of sp³-hybridized carbons (Fsp3) is 0.208. The zero-order chi connectivity index (χ0) is 22.0. The molecule has 1 aliphatic rings. The number of benzene rings is 2. The van der Waals surface area contributed by atoms with Crippen molar-refractivity contribution >= 4 is 51.5 Å². The number of ether oxygens (including phenoxy) is 1. The van der Waals surface area contributed by atoms with Gasteiger partial charge in [0.05, 0.1) is 17.2 Å². The van der Waals surface area contributed by atoms with E-state index in [1.807, 2.05) is 73.0 Å². The number of hydrogen-bond donors (Lipinski definition) is 1. The van der Waals surface area contributed by atoms with E-state index in [1.165, 1.54) is 11.8 Å². The van der Waals surface area contributed by atoms with Gasteiger partial charge < -0.3 is 14.6 Å². The number of aryl methyl sites for hydroxylation is 1. The summed E-state index contributed by atoms with van der Waals surface area (Å²) in [6.45, 7) is 6.23. The predicted octanol–water partition coefficient (Wildman–Crippen LogP) is 4.71. The number of carbonyl (C=O) groups excluding carboxylic acids is 2. The average molecular weight is 434 g/mol. The third-order valence-electron chi connectivity index (χ3n) is 5.06. The van der Waals surface area contributed by atoms with Crippen molar-refractivity contribution in [2.45, 2.75) is 27.3 Å². The summed E-state index contributed by atoms with van der Waals surface area (Å²) in [4.78, 5) is 29.8. The second-order valence-corrected chi connectivity index (χ2v) is 8.26. The first-order chi connectivity index (χ1) is 15.0. The van der Waals surface area contributed by atoms with Crippen molar-refractivity contribution in [1.29, 1.82) is 0 Å². The van der Waals surface area contributed by atoms with Crippen LogP contribution in [0.5, 0.6) is 0 Å². The fourth-order valence-electron chi connectivity index (χ4n) is 3.53. The van der Waals surface area contributed by atoms with Gasteiger partial charge in [-0.2, -0.15) is 0 Å². The number of fused-ring (bicyclic) bond motifs is 1. The molecule has 158 valence electrons. The highest BCUT2D eigenvalue weighted by Gasteiger charge is 2.25. The number of rotatable bonds is 5. The number of esters is 1. The van der Waals surface area contributed by atoms with Gasteiger partial charge in [0.15, 0.2) is 5.17 Å². The van der Waals surface area contributed by atoms with E-state index in [-0.39, 0.29) is 18.4 Å². The minimum atomic E-state index is -0.286. The van der Waals surface area contributed by atoms with Crippen LogP contribution in [0, 0.1) is 13.8 Å². The van der Waals surface area contributed by atoms with Gasteiger partial charge >= 0.3 is 5.97 Å². The molecule has 1 aromatic heterocycles. The van der Waals surface area contributed by atoms with Gasteiger partial charge in [-0.1, -0.05) is 35.9 Å². The number of thioether (sulfide) groups is 1. The summed E-state index contributed by atoms with van der Waals surface area (Å²) in [7, 11) is 0. The molecular weight excluding hydrogens is 410 g/mol. The van der Waals surface area contributed by atoms with E-state index in [1.54, 1.807) is 6.92 Å². The van der Waals surface area contributed by atoms with E-state index < -0.39 is 0 Å². The summed E-state index contributed by atoms with van der Waals surface area (Å²) in [5, 5.41) is 4.37. The maximum atomic E-state index is 12.6. The molecule has 31 heavy (non-hydrogen) atoms.